The van der Waals surface area contributed by atoms with Crippen molar-refractivity contribution in [1.29, 1.82) is 0 Å². The number of halogens is 2. The van der Waals surface area contributed by atoms with Gasteiger partial charge in [0.2, 0.25) is 6.04 Å². The second kappa shape index (κ2) is 13.7. The lowest BCUT2D eigenvalue weighted by molar-refractivity contribution is -0.126. The van der Waals surface area contributed by atoms with E-state index in [1.807, 2.05) is 13.8 Å². The summed E-state index contributed by atoms with van der Waals surface area (Å²) < 4.78 is 22.2. The summed E-state index contributed by atoms with van der Waals surface area (Å²) in [6.07, 6.45) is 0. The Kier molecular flexibility index (Phi) is 11.1. The van der Waals surface area contributed by atoms with Gasteiger partial charge >= 0.3 is 0 Å². The lowest BCUT2D eigenvalue weighted by Crippen LogP contribution is -2.32. The van der Waals surface area contributed by atoms with Crippen LogP contribution in [-0.2, 0) is 9.59 Å². The normalized spacial score (nSPS) is 11.7. The summed E-state index contributed by atoms with van der Waals surface area (Å²) in [5.41, 5.74) is 0.518. The Bertz CT molecular complexity index is 1080. The third-order valence-corrected chi connectivity index (χ3v) is 5.09. The predicted molar refractivity (Wildman–Crippen MR) is 135 cm³/mol. The zero-order valence-electron chi connectivity index (χ0n) is 20.3. The highest BCUT2D eigenvalue weighted by molar-refractivity contribution is 6.34. The first-order valence-electron chi connectivity index (χ1n) is 11.2. The number of ether oxygens (including phenoxy) is 4. The van der Waals surface area contributed by atoms with Crippen LogP contribution in [0.3, 0.4) is 0 Å². The minimum Gasteiger partial charge on any atom is -0.492 e. The summed E-state index contributed by atoms with van der Waals surface area (Å²) >= 11 is 12.6. The number of rotatable bonds is 13. The number of hydrogen-bond donors (Lipinski definition) is 1. The lowest BCUT2D eigenvalue weighted by Gasteiger charge is -2.17. The Hall–Kier alpha value is -3.04. The van der Waals surface area contributed by atoms with Crippen LogP contribution in [0.5, 0.6) is 23.0 Å². The largest absolute Gasteiger partial charge is 0.492 e. The topological polar surface area (TPSA) is 108 Å². The van der Waals surface area contributed by atoms with Gasteiger partial charge in [-0.05, 0) is 52.8 Å². The number of nitrogens with zero attached hydrogens (tertiary/aromatic N) is 2. The molecule has 1 unspecified atom stereocenters. The summed E-state index contributed by atoms with van der Waals surface area (Å²) in [6.45, 7) is 9.95. The van der Waals surface area contributed by atoms with E-state index in [-0.39, 0.29) is 22.1 Å². The Labute approximate surface area is 214 Å². The van der Waals surface area contributed by atoms with Crippen LogP contribution < -0.4 is 24.3 Å². The molecule has 35 heavy (non-hydrogen) atoms. The molecule has 0 bridgehead atoms. The molecular weight excluding hydrogens is 497 g/mol. The van der Waals surface area contributed by atoms with Crippen LogP contribution in [0.4, 0.5) is 11.4 Å². The molecule has 1 N–H and O–H groups in total. The minimum absolute atomic E-state index is 0.206. The monoisotopic (exact) mass is 525 g/mol. The SMILES string of the molecule is CCOc1cc(OCC)c(N=NC(C(C)=O)C(=O)Nc2ccc(OCC)c(Cl)c2OCC)cc1Cl. The molecule has 0 aliphatic carbocycles. The molecule has 9 nitrogen and oxygen atoms in total. The van der Waals surface area contributed by atoms with Gasteiger partial charge in [0.25, 0.3) is 5.91 Å². The van der Waals surface area contributed by atoms with Gasteiger partial charge in [-0.25, -0.2) is 0 Å². The number of amides is 1. The van der Waals surface area contributed by atoms with Crippen LogP contribution in [0.1, 0.15) is 34.6 Å². The number of ketones is 1. The molecule has 11 heteroatoms. The summed E-state index contributed by atoms with van der Waals surface area (Å²) in [6, 6.07) is 4.82. The smallest absolute Gasteiger partial charge is 0.258 e. The molecule has 0 saturated heterocycles. The summed E-state index contributed by atoms with van der Waals surface area (Å²) in [5, 5.41) is 11.2. The molecule has 1 amide bonds. The molecule has 2 aromatic rings. The number of carbonyl (C=O) groups is 2. The number of hydrogen-bond acceptors (Lipinski definition) is 8. The highest BCUT2D eigenvalue weighted by Crippen LogP contribution is 2.41. The Morgan fingerprint density at radius 1 is 0.886 bits per heavy atom. The standard InChI is InChI=1S/C24H29Cl2N3O6/c1-6-32-18-11-10-16(23(21(18)26)35-9-4)27-24(31)22(14(5)30)29-28-17-12-15(25)19(33-7-2)13-20(17)34-8-3/h10-13,22H,6-9H2,1-5H3,(H,27,31). The highest BCUT2D eigenvalue weighted by atomic mass is 35.5. The fourth-order valence-corrected chi connectivity index (χ4v) is 3.45. The number of anilines is 1. The quantitative estimate of drug-likeness (QED) is 0.244. The van der Waals surface area contributed by atoms with Gasteiger partial charge in [0, 0.05) is 6.07 Å². The van der Waals surface area contributed by atoms with E-state index in [0.29, 0.717) is 48.7 Å². The van der Waals surface area contributed by atoms with Gasteiger partial charge in [0.05, 0.1) is 37.1 Å². The predicted octanol–water partition coefficient (Wildman–Crippen LogP) is 6.27. The van der Waals surface area contributed by atoms with Crippen molar-refractivity contribution in [3.05, 3.63) is 34.3 Å². The zero-order valence-corrected chi connectivity index (χ0v) is 21.8. The van der Waals surface area contributed by atoms with Crippen molar-refractivity contribution in [2.24, 2.45) is 10.2 Å². The average molecular weight is 526 g/mol. The maximum atomic E-state index is 13.0. The maximum absolute atomic E-state index is 13.0. The van der Waals surface area contributed by atoms with Crippen molar-refractivity contribution in [1.82, 2.24) is 0 Å². The zero-order chi connectivity index (χ0) is 26.0. The fraction of sp³-hybridized carbons (Fsp3) is 0.417. The van der Waals surface area contributed by atoms with Gasteiger partial charge < -0.3 is 24.3 Å². The third kappa shape index (κ3) is 7.47. The highest BCUT2D eigenvalue weighted by Gasteiger charge is 2.26. The van der Waals surface area contributed by atoms with Crippen molar-refractivity contribution in [2.45, 2.75) is 40.7 Å². The first-order valence-corrected chi connectivity index (χ1v) is 11.9. The summed E-state index contributed by atoms with van der Waals surface area (Å²) in [4.78, 5) is 25.2. The molecule has 2 aromatic carbocycles. The van der Waals surface area contributed by atoms with E-state index in [2.05, 4.69) is 15.5 Å². The number of benzene rings is 2. The molecule has 1 atom stereocenters. The van der Waals surface area contributed by atoms with E-state index in [1.54, 1.807) is 32.0 Å². The van der Waals surface area contributed by atoms with Crippen molar-refractivity contribution < 1.29 is 28.5 Å². The first kappa shape index (κ1) is 28.2. The van der Waals surface area contributed by atoms with E-state index in [9.17, 15) is 9.59 Å². The van der Waals surface area contributed by atoms with E-state index >= 15 is 0 Å². The van der Waals surface area contributed by atoms with Crippen LogP contribution in [-0.4, -0.2) is 44.2 Å². The van der Waals surface area contributed by atoms with Crippen molar-refractivity contribution >= 4 is 46.3 Å². The van der Waals surface area contributed by atoms with Gasteiger partial charge in [-0.15, -0.1) is 0 Å². The van der Waals surface area contributed by atoms with E-state index in [0.717, 1.165) is 0 Å². The van der Waals surface area contributed by atoms with Crippen molar-refractivity contribution in [3.8, 4) is 23.0 Å². The lowest BCUT2D eigenvalue weighted by atomic mass is 10.2. The van der Waals surface area contributed by atoms with Crippen molar-refractivity contribution in [3.63, 3.8) is 0 Å². The van der Waals surface area contributed by atoms with Crippen LogP contribution in [0.2, 0.25) is 10.0 Å². The molecular formula is C24H29Cl2N3O6. The molecule has 2 rings (SSSR count). The first-order chi connectivity index (χ1) is 16.8. The second-order valence-corrected chi connectivity index (χ2v) is 7.74. The number of nitrogens with one attached hydrogen (secondary N) is 1. The molecule has 0 radical (unpaired) electrons. The van der Waals surface area contributed by atoms with Crippen LogP contribution in [0, 0.1) is 0 Å². The Morgan fingerprint density at radius 2 is 1.49 bits per heavy atom. The number of carbonyl (C=O) groups excluding carboxylic acids is 2. The van der Waals surface area contributed by atoms with Gasteiger partial charge in [-0.3, -0.25) is 9.59 Å². The van der Waals surface area contributed by atoms with E-state index in [4.69, 9.17) is 42.1 Å². The molecule has 0 saturated carbocycles. The van der Waals surface area contributed by atoms with Gasteiger partial charge in [-0.2, -0.15) is 10.2 Å². The molecule has 0 heterocycles. The van der Waals surface area contributed by atoms with Gasteiger partial charge in [0.1, 0.15) is 22.2 Å². The number of azo groups is 1. The van der Waals surface area contributed by atoms with E-state index in [1.165, 1.54) is 13.0 Å². The molecule has 0 aliphatic rings. The molecule has 0 aliphatic heterocycles. The maximum Gasteiger partial charge on any atom is 0.258 e. The fourth-order valence-electron chi connectivity index (χ4n) is 2.97. The second-order valence-electron chi connectivity index (χ2n) is 6.95. The van der Waals surface area contributed by atoms with Gasteiger partial charge in [-0.1, -0.05) is 23.2 Å². The minimum atomic E-state index is -1.44. The van der Waals surface area contributed by atoms with Crippen LogP contribution >= 0.6 is 23.2 Å². The Morgan fingerprint density at radius 3 is 2.09 bits per heavy atom. The van der Waals surface area contributed by atoms with Crippen LogP contribution in [0.15, 0.2) is 34.5 Å². The summed E-state index contributed by atoms with van der Waals surface area (Å²) in [7, 11) is 0. The number of Topliss-reactive ketones (excluding diaryl/α,β-unsaturated/α-hetero) is 1. The molecule has 0 fully saturated rings. The van der Waals surface area contributed by atoms with E-state index < -0.39 is 17.7 Å². The molecule has 190 valence electrons. The third-order valence-electron chi connectivity index (χ3n) is 4.44. The van der Waals surface area contributed by atoms with Crippen LogP contribution in [0.25, 0.3) is 0 Å². The summed E-state index contributed by atoms with van der Waals surface area (Å²) in [5.74, 6) is 0.185. The molecule has 0 aromatic heterocycles. The van der Waals surface area contributed by atoms with Gasteiger partial charge in [0.15, 0.2) is 17.3 Å². The average Bonchev–Trinajstić information content (AvgIpc) is 2.81. The molecule has 0 spiro atoms. The van der Waals surface area contributed by atoms with Crippen molar-refractivity contribution in [2.75, 3.05) is 31.7 Å². The Balaban J connectivity index is 2.36.